The molecule has 1 aromatic heterocycles. The van der Waals surface area contributed by atoms with E-state index >= 15 is 0 Å². The van der Waals surface area contributed by atoms with Crippen LogP contribution in [-0.4, -0.2) is 36.7 Å². The van der Waals surface area contributed by atoms with Crippen LogP contribution in [0.4, 0.5) is 0 Å². The summed E-state index contributed by atoms with van der Waals surface area (Å²) in [7, 11) is 3.84. The van der Waals surface area contributed by atoms with Crippen molar-refractivity contribution >= 4 is 16.9 Å². The highest BCUT2D eigenvalue weighted by molar-refractivity contribution is 5.84. The first-order valence-electron chi connectivity index (χ1n) is 8.88. The SMILES string of the molecule is CC(C)=CC(=O)OC(C)(C)[C@H]1Oc2ccc3ccc(=O)oc3c2[C@H]1N(C)C. The van der Waals surface area contributed by atoms with Crippen molar-refractivity contribution in [2.45, 2.75) is 45.4 Å². The largest absolute Gasteiger partial charge is 0.484 e. The summed E-state index contributed by atoms with van der Waals surface area (Å²) >= 11 is 0. The Morgan fingerprint density at radius 2 is 1.85 bits per heavy atom. The Kier molecular flexibility index (Phi) is 4.86. The number of carbonyl (C=O) groups is 1. The van der Waals surface area contributed by atoms with E-state index in [1.165, 1.54) is 12.1 Å². The summed E-state index contributed by atoms with van der Waals surface area (Å²) in [5.74, 6) is 0.223. The molecule has 0 amide bonds. The molecule has 2 aromatic rings. The van der Waals surface area contributed by atoms with Gasteiger partial charge in [-0.25, -0.2) is 9.59 Å². The Bertz CT molecular complexity index is 966. The highest BCUT2D eigenvalue weighted by Crippen LogP contribution is 2.47. The van der Waals surface area contributed by atoms with Gasteiger partial charge in [0.15, 0.2) is 6.10 Å². The zero-order valence-corrected chi connectivity index (χ0v) is 16.5. The van der Waals surface area contributed by atoms with Gasteiger partial charge in [0.05, 0.1) is 11.6 Å². The third-order valence-electron chi connectivity index (χ3n) is 4.64. The van der Waals surface area contributed by atoms with Gasteiger partial charge in [-0.15, -0.1) is 0 Å². The van der Waals surface area contributed by atoms with Crippen LogP contribution in [0, 0.1) is 0 Å². The van der Waals surface area contributed by atoms with Gasteiger partial charge in [0, 0.05) is 17.5 Å². The van der Waals surface area contributed by atoms with Gasteiger partial charge < -0.3 is 13.9 Å². The van der Waals surface area contributed by atoms with Crippen LogP contribution in [0.3, 0.4) is 0 Å². The molecule has 144 valence electrons. The Morgan fingerprint density at radius 3 is 2.48 bits per heavy atom. The van der Waals surface area contributed by atoms with Crippen molar-refractivity contribution in [2.24, 2.45) is 0 Å². The molecule has 2 atom stereocenters. The van der Waals surface area contributed by atoms with Gasteiger partial charge in [-0.05, 0) is 60.0 Å². The minimum absolute atomic E-state index is 0.247. The number of benzene rings is 1. The van der Waals surface area contributed by atoms with Gasteiger partial charge in [-0.2, -0.15) is 0 Å². The number of fused-ring (bicyclic) bond motifs is 3. The fraction of sp³-hybridized carbons (Fsp3) is 0.429. The molecule has 6 heteroatoms. The quantitative estimate of drug-likeness (QED) is 0.466. The highest BCUT2D eigenvalue weighted by atomic mass is 16.6. The smallest absolute Gasteiger partial charge is 0.336 e. The molecule has 0 fully saturated rings. The van der Waals surface area contributed by atoms with Gasteiger partial charge in [-0.3, -0.25) is 4.90 Å². The first kappa shape index (κ1) is 19.2. The molecule has 1 aliphatic heterocycles. The summed E-state index contributed by atoms with van der Waals surface area (Å²) in [6.07, 6.45) is 0.997. The maximum atomic E-state index is 12.2. The first-order valence-corrected chi connectivity index (χ1v) is 8.88. The molecule has 0 radical (unpaired) electrons. The third-order valence-corrected chi connectivity index (χ3v) is 4.64. The van der Waals surface area contributed by atoms with E-state index in [0.717, 1.165) is 16.5 Å². The van der Waals surface area contributed by atoms with E-state index in [-0.39, 0.29) is 6.04 Å². The summed E-state index contributed by atoms with van der Waals surface area (Å²) in [6.45, 7) is 7.34. The van der Waals surface area contributed by atoms with Crippen molar-refractivity contribution in [3.8, 4) is 5.75 Å². The highest BCUT2D eigenvalue weighted by Gasteiger charge is 2.48. The van der Waals surface area contributed by atoms with E-state index in [1.54, 1.807) is 6.07 Å². The standard InChI is InChI=1S/C21H25NO5/c1-12(2)11-16(24)27-21(3,4)20-18(22(5)6)17-14(25-20)9-7-13-8-10-15(23)26-19(13)17/h7-11,18,20H,1-6H3/t18-,20+/m1/s1. The normalized spacial score (nSPS) is 18.9. The zero-order chi connectivity index (χ0) is 19.9. The molecular weight excluding hydrogens is 346 g/mol. The number of hydrogen-bond donors (Lipinski definition) is 0. The number of esters is 1. The number of hydrogen-bond acceptors (Lipinski definition) is 6. The van der Waals surface area contributed by atoms with E-state index in [2.05, 4.69) is 0 Å². The average molecular weight is 371 g/mol. The fourth-order valence-electron chi connectivity index (χ4n) is 3.50. The minimum atomic E-state index is -0.904. The molecule has 6 nitrogen and oxygen atoms in total. The van der Waals surface area contributed by atoms with Crippen molar-refractivity contribution in [3.63, 3.8) is 0 Å². The van der Waals surface area contributed by atoms with Gasteiger partial charge in [0.25, 0.3) is 0 Å². The van der Waals surface area contributed by atoms with E-state index in [1.807, 2.05) is 58.8 Å². The van der Waals surface area contributed by atoms with E-state index in [4.69, 9.17) is 13.9 Å². The zero-order valence-electron chi connectivity index (χ0n) is 16.5. The number of likely N-dealkylation sites (N-methyl/N-ethyl adjacent to an activating group) is 1. The Morgan fingerprint density at radius 1 is 1.19 bits per heavy atom. The molecule has 0 saturated heterocycles. The van der Waals surface area contributed by atoms with Crippen molar-refractivity contribution in [2.75, 3.05) is 14.1 Å². The van der Waals surface area contributed by atoms with Crippen molar-refractivity contribution in [3.05, 3.63) is 51.9 Å². The number of ether oxygens (including phenoxy) is 2. The molecule has 1 aromatic carbocycles. The number of carbonyl (C=O) groups excluding carboxylic acids is 1. The second kappa shape index (κ2) is 6.85. The number of nitrogens with zero attached hydrogens (tertiary/aromatic N) is 1. The Balaban J connectivity index is 2.07. The second-order valence-corrected chi connectivity index (χ2v) is 7.84. The molecule has 0 saturated carbocycles. The van der Waals surface area contributed by atoms with Crippen LogP contribution >= 0.6 is 0 Å². The molecule has 0 N–H and O–H groups in total. The molecule has 27 heavy (non-hydrogen) atoms. The maximum Gasteiger partial charge on any atom is 0.336 e. The third kappa shape index (κ3) is 3.62. The lowest BCUT2D eigenvalue weighted by Gasteiger charge is -2.36. The molecule has 0 unspecified atom stereocenters. The maximum absolute atomic E-state index is 12.2. The minimum Gasteiger partial charge on any atom is -0.484 e. The van der Waals surface area contributed by atoms with Crippen molar-refractivity contribution < 1.29 is 18.7 Å². The van der Waals surface area contributed by atoms with Crippen molar-refractivity contribution in [1.82, 2.24) is 4.90 Å². The summed E-state index contributed by atoms with van der Waals surface area (Å²) in [5, 5.41) is 0.823. The van der Waals surface area contributed by atoms with Gasteiger partial charge in [0.2, 0.25) is 0 Å². The number of allylic oxidation sites excluding steroid dienone is 1. The van der Waals surface area contributed by atoms with Crippen LogP contribution in [-0.2, 0) is 9.53 Å². The van der Waals surface area contributed by atoms with Gasteiger partial charge >= 0.3 is 11.6 Å². The van der Waals surface area contributed by atoms with Gasteiger partial charge in [-0.1, -0.05) is 5.57 Å². The lowest BCUT2D eigenvalue weighted by Crippen LogP contribution is -2.48. The van der Waals surface area contributed by atoms with Crippen LogP contribution in [0.5, 0.6) is 5.75 Å². The predicted molar refractivity (Wildman–Crippen MR) is 103 cm³/mol. The lowest BCUT2D eigenvalue weighted by molar-refractivity contribution is -0.161. The average Bonchev–Trinajstić information content (AvgIpc) is 2.94. The fourth-order valence-corrected chi connectivity index (χ4v) is 3.50. The molecule has 3 rings (SSSR count). The lowest BCUT2D eigenvalue weighted by atomic mass is 9.90. The van der Waals surface area contributed by atoms with Crippen LogP contribution in [0.1, 0.15) is 39.3 Å². The van der Waals surface area contributed by atoms with Crippen LogP contribution < -0.4 is 10.4 Å². The molecular formula is C21H25NO5. The van der Waals surface area contributed by atoms with Gasteiger partial charge in [0.1, 0.15) is 16.9 Å². The molecule has 0 aliphatic carbocycles. The first-order chi connectivity index (χ1) is 12.6. The second-order valence-electron chi connectivity index (χ2n) is 7.84. The molecule has 0 bridgehead atoms. The molecule has 1 aliphatic rings. The van der Waals surface area contributed by atoms with Crippen LogP contribution in [0.15, 0.2) is 45.1 Å². The Hall–Kier alpha value is -2.60. The van der Waals surface area contributed by atoms with E-state index < -0.39 is 23.3 Å². The summed E-state index contributed by atoms with van der Waals surface area (Å²) in [5.41, 5.74) is 0.854. The monoisotopic (exact) mass is 371 g/mol. The van der Waals surface area contributed by atoms with E-state index in [9.17, 15) is 9.59 Å². The van der Waals surface area contributed by atoms with Crippen LogP contribution in [0.2, 0.25) is 0 Å². The summed E-state index contributed by atoms with van der Waals surface area (Å²) in [4.78, 5) is 26.0. The molecule has 0 spiro atoms. The number of rotatable bonds is 4. The van der Waals surface area contributed by atoms with Crippen LogP contribution in [0.25, 0.3) is 11.0 Å². The molecule has 2 heterocycles. The van der Waals surface area contributed by atoms with E-state index in [0.29, 0.717) is 11.3 Å². The topological polar surface area (TPSA) is 69.0 Å². The predicted octanol–water partition coefficient (Wildman–Crippen LogP) is 3.44. The summed E-state index contributed by atoms with van der Waals surface area (Å²) < 4.78 is 17.4. The van der Waals surface area contributed by atoms with Crippen molar-refractivity contribution in [1.29, 1.82) is 0 Å². The Labute approximate surface area is 158 Å². The summed E-state index contributed by atoms with van der Waals surface area (Å²) in [6, 6.07) is 6.61.